The number of rotatable bonds is 11. The van der Waals surface area contributed by atoms with Crippen LogP contribution in [0.5, 0.6) is 23.0 Å². The lowest BCUT2D eigenvalue weighted by molar-refractivity contribution is -0.654. The number of ether oxygens (including phenoxy) is 4. The minimum absolute atomic E-state index is 0. The maximum Gasteiger partial charge on any atom is 0.338 e. The van der Waals surface area contributed by atoms with Crippen LogP contribution in [-0.2, 0) is 11.2 Å². The highest BCUT2D eigenvalue weighted by atomic mass is 35.5. The van der Waals surface area contributed by atoms with Crippen molar-refractivity contribution in [1.82, 2.24) is 0 Å². The van der Waals surface area contributed by atoms with Gasteiger partial charge in [0.2, 0.25) is 5.75 Å². The first-order valence-corrected chi connectivity index (χ1v) is 9.15. The second kappa shape index (κ2) is 12.7. The summed E-state index contributed by atoms with van der Waals surface area (Å²) in [6.45, 7) is 2.14. The van der Waals surface area contributed by atoms with Crippen LogP contribution in [0.2, 0.25) is 0 Å². The highest BCUT2D eigenvalue weighted by Gasteiger charge is 2.17. The van der Waals surface area contributed by atoms with Gasteiger partial charge >= 0.3 is 5.97 Å². The molecule has 0 bridgehead atoms. The van der Waals surface area contributed by atoms with Gasteiger partial charge in [-0.25, -0.2) is 4.79 Å². The molecule has 2 rings (SSSR count). The number of aromatic hydroxyl groups is 1. The van der Waals surface area contributed by atoms with Crippen molar-refractivity contribution < 1.29 is 46.6 Å². The van der Waals surface area contributed by atoms with Crippen molar-refractivity contribution in [2.45, 2.75) is 12.8 Å². The molecule has 0 radical (unpaired) electrons. The Kier molecular flexibility index (Phi) is 10.7. The Morgan fingerprint density at radius 2 is 1.59 bits per heavy atom. The predicted molar refractivity (Wildman–Crippen MR) is 104 cm³/mol. The van der Waals surface area contributed by atoms with Gasteiger partial charge in [0, 0.05) is 12.8 Å². The fourth-order valence-electron chi connectivity index (χ4n) is 2.75. The van der Waals surface area contributed by atoms with Crippen LogP contribution in [0.4, 0.5) is 0 Å². The number of hydrogen-bond acceptors (Lipinski definition) is 6. The first kappa shape index (κ1) is 24.4. The van der Waals surface area contributed by atoms with E-state index in [0.29, 0.717) is 29.4 Å². The minimum atomic E-state index is -0.427. The molecule has 3 N–H and O–H groups in total. The van der Waals surface area contributed by atoms with E-state index in [2.05, 4.69) is 5.32 Å². The van der Waals surface area contributed by atoms with E-state index in [4.69, 9.17) is 18.9 Å². The minimum Gasteiger partial charge on any atom is -1.00 e. The summed E-state index contributed by atoms with van der Waals surface area (Å²) in [5.41, 5.74) is 1.54. The summed E-state index contributed by atoms with van der Waals surface area (Å²) >= 11 is 0. The number of methoxy groups -OCH3 is 3. The molecule has 0 spiro atoms. The van der Waals surface area contributed by atoms with Crippen molar-refractivity contribution in [1.29, 1.82) is 0 Å². The van der Waals surface area contributed by atoms with Crippen LogP contribution in [-0.4, -0.2) is 52.1 Å². The van der Waals surface area contributed by atoms with Gasteiger partial charge in [-0.1, -0.05) is 12.1 Å². The van der Waals surface area contributed by atoms with Crippen LogP contribution in [0.15, 0.2) is 36.4 Å². The summed E-state index contributed by atoms with van der Waals surface area (Å²) in [5, 5.41) is 11.4. The number of halogens is 1. The maximum absolute atomic E-state index is 12.3. The normalized spacial score (nSPS) is 10.0. The zero-order chi connectivity index (χ0) is 20.4. The van der Waals surface area contributed by atoms with Crippen molar-refractivity contribution >= 4 is 5.97 Å². The Morgan fingerprint density at radius 3 is 2.14 bits per heavy atom. The Labute approximate surface area is 177 Å². The van der Waals surface area contributed by atoms with Crippen LogP contribution in [0.3, 0.4) is 0 Å². The standard InChI is InChI=1S/C21H27NO6.ClH/c1-25-18-13-16(14-19(26-2)20(18)27-3)21(24)28-12-4-10-22-11-9-15-5-7-17(23)8-6-15;/h5-8,13-14,22-23H,4,9-12H2,1-3H3;1H. The molecule has 0 aromatic heterocycles. The number of carbonyl (C=O) groups is 1. The third-order valence-corrected chi connectivity index (χ3v) is 4.26. The fourth-order valence-corrected chi connectivity index (χ4v) is 2.75. The number of phenols is 1. The van der Waals surface area contributed by atoms with Crippen molar-refractivity contribution in [3.05, 3.63) is 47.5 Å². The summed E-state index contributed by atoms with van der Waals surface area (Å²) in [6, 6.07) is 10.4. The second-order valence-corrected chi connectivity index (χ2v) is 6.19. The molecule has 0 fully saturated rings. The molecular formula is C21H28ClNO6. The van der Waals surface area contributed by atoms with Gasteiger partial charge in [-0.2, -0.15) is 0 Å². The van der Waals surface area contributed by atoms with Crippen molar-refractivity contribution in [2.75, 3.05) is 41.0 Å². The number of quaternary nitrogens is 1. The second-order valence-electron chi connectivity index (χ2n) is 6.19. The van der Waals surface area contributed by atoms with Gasteiger partial charge in [-0.3, -0.25) is 0 Å². The average molecular weight is 426 g/mol. The Morgan fingerprint density at radius 1 is 0.966 bits per heavy atom. The lowest BCUT2D eigenvalue weighted by Crippen LogP contribution is -3.00. The Balaban J connectivity index is 0.00000420. The molecule has 8 heteroatoms. The molecule has 0 saturated carbocycles. The van der Waals surface area contributed by atoms with Crippen LogP contribution in [0.1, 0.15) is 22.3 Å². The maximum atomic E-state index is 12.3. The smallest absolute Gasteiger partial charge is 0.338 e. The van der Waals surface area contributed by atoms with Crippen LogP contribution < -0.4 is 31.9 Å². The van der Waals surface area contributed by atoms with Crippen molar-refractivity contribution in [3.8, 4) is 23.0 Å². The highest BCUT2D eigenvalue weighted by molar-refractivity contribution is 5.91. The zero-order valence-electron chi connectivity index (χ0n) is 16.9. The number of nitrogens with two attached hydrogens (primary N) is 1. The fraction of sp³-hybridized carbons (Fsp3) is 0.381. The van der Waals surface area contributed by atoms with Crippen molar-refractivity contribution in [2.24, 2.45) is 0 Å². The van der Waals surface area contributed by atoms with Gasteiger partial charge in [0.15, 0.2) is 11.5 Å². The number of carbonyl (C=O) groups excluding carboxylic acids is 1. The van der Waals surface area contributed by atoms with Gasteiger partial charge in [-0.05, 0) is 29.8 Å². The summed E-state index contributed by atoms with van der Waals surface area (Å²) in [4.78, 5) is 12.3. The van der Waals surface area contributed by atoms with E-state index in [1.807, 2.05) is 12.1 Å². The van der Waals surface area contributed by atoms with Crippen molar-refractivity contribution in [3.63, 3.8) is 0 Å². The van der Waals surface area contributed by atoms with Crippen LogP contribution in [0.25, 0.3) is 0 Å². The first-order chi connectivity index (χ1) is 13.6. The number of hydrogen-bond donors (Lipinski definition) is 2. The van der Waals surface area contributed by atoms with E-state index in [1.54, 1.807) is 24.3 Å². The lowest BCUT2D eigenvalue weighted by Gasteiger charge is -2.13. The summed E-state index contributed by atoms with van der Waals surface area (Å²) in [7, 11) is 4.51. The molecule has 160 valence electrons. The summed E-state index contributed by atoms with van der Waals surface area (Å²) < 4.78 is 21.1. The molecule has 0 aliphatic heterocycles. The number of benzene rings is 2. The molecule has 0 saturated heterocycles. The Bertz CT molecular complexity index is 741. The largest absolute Gasteiger partial charge is 1.00 e. The molecule has 0 aliphatic rings. The molecule has 0 heterocycles. The first-order valence-electron chi connectivity index (χ1n) is 9.15. The molecule has 2 aromatic rings. The SMILES string of the molecule is COc1cc(C(=O)OCCC[NH2+]CCc2ccc(O)cc2)cc(OC)c1OC.[Cl-]. The van der Waals surface area contributed by atoms with Crippen LogP contribution >= 0.6 is 0 Å². The molecule has 0 atom stereocenters. The third-order valence-electron chi connectivity index (χ3n) is 4.26. The molecule has 0 unspecified atom stereocenters. The number of esters is 1. The Hall–Kier alpha value is -2.64. The van der Waals surface area contributed by atoms with E-state index in [1.165, 1.54) is 26.9 Å². The van der Waals surface area contributed by atoms with Gasteiger partial charge in [-0.15, -0.1) is 0 Å². The molecule has 29 heavy (non-hydrogen) atoms. The van der Waals surface area contributed by atoms with E-state index >= 15 is 0 Å². The van der Waals surface area contributed by atoms with Gasteiger partial charge in [0.05, 0.1) is 46.6 Å². The van der Waals surface area contributed by atoms with E-state index in [0.717, 1.165) is 25.9 Å². The zero-order valence-corrected chi connectivity index (χ0v) is 17.7. The lowest BCUT2D eigenvalue weighted by atomic mass is 10.1. The van der Waals surface area contributed by atoms with E-state index < -0.39 is 5.97 Å². The monoisotopic (exact) mass is 425 g/mol. The molecule has 0 amide bonds. The predicted octanol–water partition coefficient (Wildman–Crippen LogP) is -1.22. The van der Waals surface area contributed by atoms with Gasteiger partial charge < -0.3 is 41.8 Å². The third kappa shape index (κ3) is 7.36. The van der Waals surface area contributed by atoms with Crippen LogP contribution in [0, 0.1) is 0 Å². The quantitative estimate of drug-likeness (QED) is 0.346. The van der Waals surface area contributed by atoms with E-state index in [9.17, 15) is 9.90 Å². The summed E-state index contributed by atoms with van der Waals surface area (Å²) in [6.07, 6.45) is 1.68. The molecular weight excluding hydrogens is 398 g/mol. The van der Waals surface area contributed by atoms with Gasteiger partial charge in [0.25, 0.3) is 0 Å². The topological polar surface area (TPSA) is 90.8 Å². The highest BCUT2D eigenvalue weighted by Crippen LogP contribution is 2.38. The van der Waals surface area contributed by atoms with Gasteiger partial charge in [0.1, 0.15) is 5.75 Å². The molecule has 0 aliphatic carbocycles. The average Bonchev–Trinajstić information content (AvgIpc) is 2.72. The van der Waals surface area contributed by atoms with E-state index in [-0.39, 0.29) is 18.2 Å². The summed E-state index contributed by atoms with van der Waals surface area (Å²) in [5.74, 6) is 1.11. The number of phenolic OH excluding ortho intramolecular Hbond substituents is 1. The molecule has 7 nitrogen and oxygen atoms in total. The molecule has 2 aromatic carbocycles.